The minimum Gasteiger partial charge on any atom is -0.479 e. The summed E-state index contributed by atoms with van der Waals surface area (Å²) in [6, 6.07) is 5.20. The normalized spacial score (nSPS) is 10.3. The van der Waals surface area contributed by atoms with Gasteiger partial charge in [0, 0.05) is 24.0 Å². The van der Waals surface area contributed by atoms with Gasteiger partial charge in [0.05, 0.1) is 13.7 Å². The molecular formula is C15H17ClN4O3. The van der Waals surface area contributed by atoms with E-state index in [1.54, 1.807) is 25.2 Å². The molecule has 2 amide bonds. The number of ether oxygens (including phenoxy) is 1. The fraction of sp³-hybridized carbons (Fsp3) is 0.267. The Morgan fingerprint density at radius 3 is 2.83 bits per heavy atom. The highest BCUT2D eigenvalue weighted by Gasteiger charge is 2.17. The SMILES string of the molecule is COc1nn(C)cc1C(=O)NCC(=O)Nc1cc(Cl)ccc1C. The molecule has 2 aromatic rings. The Labute approximate surface area is 138 Å². The second-order valence-corrected chi connectivity index (χ2v) is 5.35. The van der Waals surface area contributed by atoms with E-state index in [0.29, 0.717) is 10.7 Å². The number of methoxy groups -OCH3 is 1. The number of benzene rings is 1. The smallest absolute Gasteiger partial charge is 0.258 e. The Morgan fingerprint density at radius 1 is 1.39 bits per heavy atom. The largest absolute Gasteiger partial charge is 0.479 e. The second kappa shape index (κ2) is 7.15. The topological polar surface area (TPSA) is 85.2 Å². The molecule has 0 unspecified atom stereocenters. The third kappa shape index (κ3) is 4.23. The number of nitrogens with one attached hydrogen (secondary N) is 2. The molecule has 0 aliphatic carbocycles. The zero-order valence-electron chi connectivity index (χ0n) is 13.0. The summed E-state index contributed by atoms with van der Waals surface area (Å²) in [5.41, 5.74) is 1.75. The van der Waals surface area contributed by atoms with Gasteiger partial charge in [-0.3, -0.25) is 14.3 Å². The molecule has 122 valence electrons. The first-order chi connectivity index (χ1) is 10.9. The van der Waals surface area contributed by atoms with Crippen molar-refractivity contribution in [1.29, 1.82) is 0 Å². The molecule has 7 nitrogen and oxygen atoms in total. The molecule has 0 radical (unpaired) electrons. The van der Waals surface area contributed by atoms with E-state index in [2.05, 4.69) is 15.7 Å². The highest BCUT2D eigenvalue weighted by atomic mass is 35.5. The number of rotatable bonds is 5. The maximum atomic E-state index is 12.1. The van der Waals surface area contributed by atoms with Crippen molar-refractivity contribution in [3.05, 3.63) is 40.5 Å². The van der Waals surface area contributed by atoms with Crippen LogP contribution in [0.2, 0.25) is 5.02 Å². The van der Waals surface area contributed by atoms with E-state index in [1.165, 1.54) is 18.0 Å². The average Bonchev–Trinajstić information content (AvgIpc) is 2.89. The minimum atomic E-state index is -0.437. The number of nitrogens with zero attached hydrogens (tertiary/aromatic N) is 2. The molecule has 1 heterocycles. The van der Waals surface area contributed by atoms with Gasteiger partial charge in [0.25, 0.3) is 5.91 Å². The lowest BCUT2D eigenvalue weighted by atomic mass is 10.2. The number of hydrogen-bond donors (Lipinski definition) is 2. The quantitative estimate of drug-likeness (QED) is 0.871. The van der Waals surface area contributed by atoms with Crippen molar-refractivity contribution in [3.8, 4) is 5.88 Å². The molecule has 0 bridgehead atoms. The van der Waals surface area contributed by atoms with Crippen LogP contribution >= 0.6 is 11.6 Å². The van der Waals surface area contributed by atoms with Crippen LogP contribution in [0.5, 0.6) is 5.88 Å². The summed E-state index contributed by atoms with van der Waals surface area (Å²) in [6.45, 7) is 1.67. The van der Waals surface area contributed by atoms with Gasteiger partial charge in [-0.05, 0) is 24.6 Å². The van der Waals surface area contributed by atoms with Crippen LogP contribution in [0.4, 0.5) is 5.69 Å². The van der Waals surface area contributed by atoms with Gasteiger partial charge in [0.1, 0.15) is 5.56 Å². The van der Waals surface area contributed by atoms with Crippen molar-refractivity contribution in [2.45, 2.75) is 6.92 Å². The summed E-state index contributed by atoms with van der Waals surface area (Å²) in [7, 11) is 3.10. The van der Waals surface area contributed by atoms with Crippen molar-refractivity contribution in [2.24, 2.45) is 7.05 Å². The molecule has 2 N–H and O–H groups in total. The molecule has 0 saturated carbocycles. The zero-order chi connectivity index (χ0) is 17.0. The van der Waals surface area contributed by atoms with E-state index in [9.17, 15) is 9.59 Å². The Hall–Kier alpha value is -2.54. The Bertz CT molecular complexity index is 742. The summed E-state index contributed by atoms with van der Waals surface area (Å²) in [5.74, 6) is -0.587. The van der Waals surface area contributed by atoms with E-state index in [-0.39, 0.29) is 23.9 Å². The van der Waals surface area contributed by atoms with E-state index in [1.807, 2.05) is 6.92 Å². The summed E-state index contributed by atoms with van der Waals surface area (Å²) < 4.78 is 6.47. The van der Waals surface area contributed by atoms with Gasteiger partial charge < -0.3 is 15.4 Å². The van der Waals surface area contributed by atoms with Gasteiger partial charge in [-0.2, -0.15) is 0 Å². The summed E-state index contributed by atoms with van der Waals surface area (Å²) in [6.07, 6.45) is 1.52. The van der Waals surface area contributed by atoms with Crippen molar-refractivity contribution in [3.63, 3.8) is 0 Å². The van der Waals surface area contributed by atoms with Crippen LogP contribution in [0, 0.1) is 6.92 Å². The molecule has 23 heavy (non-hydrogen) atoms. The first-order valence-corrected chi connectivity index (χ1v) is 7.20. The molecule has 2 rings (SSSR count). The first-order valence-electron chi connectivity index (χ1n) is 6.82. The molecular weight excluding hydrogens is 320 g/mol. The fourth-order valence-corrected chi connectivity index (χ4v) is 2.13. The van der Waals surface area contributed by atoms with Crippen LogP contribution in [-0.4, -0.2) is 35.2 Å². The highest BCUT2D eigenvalue weighted by molar-refractivity contribution is 6.31. The van der Waals surface area contributed by atoms with E-state index < -0.39 is 5.91 Å². The maximum absolute atomic E-state index is 12.1. The van der Waals surface area contributed by atoms with Crippen LogP contribution in [0.15, 0.2) is 24.4 Å². The van der Waals surface area contributed by atoms with Gasteiger partial charge in [-0.15, -0.1) is 5.10 Å². The number of carbonyl (C=O) groups excluding carboxylic acids is 2. The predicted octanol–water partition coefficient (Wildman–Crippen LogP) is 1.76. The molecule has 0 spiro atoms. The monoisotopic (exact) mass is 336 g/mol. The van der Waals surface area contributed by atoms with Crippen LogP contribution < -0.4 is 15.4 Å². The Morgan fingerprint density at radius 2 is 2.13 bits per heavy atom. The third-order valence-corrected chi connectivity index (χ3v) is 3.35. The van der Waals surface area contributed by atoms with Gasteiger partial charge in [-0.1, -0.05) is 17.7 Å². The van der Waals surface area contributed by atoms with Crippen molar-refractivity contribution in [1.82, 2.24) is 15.1 Å². The van der Waals surface area contributed by atoms with Gasteiger partial charge in [-0.25, -0.2) is 0 Å². The van der Waals surface area contributed by atoms with Gasteiger partial charge in [0.2, 0.25) is 11.8 Å². The lowest BCUT2D eigenvalue weighted by Crippen LogP contribution is -2.33. The van der Waals surface area contributed by atoms with Crippen LogP contribution in [0.3, 0.4) is 0 Å². The summed E-state index contributed by atoms with van der Waals surface area (Å²) in [4.78, 5) is 24.0. The first kappa shape index (κ1) is 16.8. The van der Waals surface area contributed by atoms with Crippen LogP contribution in [0.1, 0.15) is 15.9 Å². The third-order valence-electron chi connectivity index (χ3n) is 3.12. The number of halogens is 1. The number of anilines is 1. The highest BCUT2D eigenvalue weighted by Crippen LogP contribution is 2.20. The number of carbonyl (C=O) groups is 2. The maximum Gasteiger partial charge on any atom is 0.258 e. The van der Waals surface area contributed by atoms with E-state index >= 15 is 0 Å². The number of amides is 2. The number of aryl methyl sites for hydroxylation is 2. The summed E-state index contributed by atoms with van der Waals surface area (Å²) in [5, 5.41) is 9.73. The number of hydrogen-bond acceptors (Lipinski definition) is 4. The van der Waals surface area contributed by atoms with E-state index in [0.717, 1.165) is 5.56 Å². The Balaban J connectivity index is 1.96. The molecule has 8 heteroatoms. The zero-order valence-corrected chi connectivity index (χ0v) is 13.8. The summed E-state index contributed by atoms with van der Waals surface area (Å²) >= 11 is 5.90. The molecule has 0 aliphatic heterocycles. The molecule has 0 fully saturated rings. The van der Waals surface area contributed by atoms with E-state index in [4.69, 9.17) is 16.3 Å². The van der Waals surface area contributed by atoms with Crippen molar-refractivity contribution in [2.75, 3.05) is 19.0 Å². The van der Waals surface area contributed by atoms with Crippen LogP contribution in [0.25, 0.3) is 0 Å². The van der Waals surface area contributed by atoms with Gasteiger partial charge >= 0.3 is 0 Å². The fourth-order valence-electron chi connectivity index (χ4n) is 1.95. The van der Waals surface area contributed by atoms with Gasteiger partial charge in [0.15, 0.2) is 0 Å². The molecule has 1 aromatic heterocycles. The van der Waals surface area contributed by atoms with Crippen molar-refractivity contribution >= 4 is 29.1 Å². The minimum absolute atomic E-state index is 0.178. The Kier molecular flexibility index (Phi) is 5.23. The standard InChI is InChI=1S/C15H17ClN4O3/c1-9-4-5-10(16)6-12(9)18-13(21)7-17-14(22)11-8-20(2)19-15(11)23-3/h4-6,8H,7H2,1-3H3,(H,17,22)(H,18,21). The van der Waals surface area contributed by atoms with Crippen LogP contribution in [-0.2, 0) is 11.8 Å². The lowest BCUT2D eigenvalue weighted by molar-refractivity contribution is -0.115. The molecule has 0 saturated heterocycles. The molecule has 0 aliphatic rings. The van der Waals surface area contributed by atoms with Crippen molar-refractivity contribution < 1.29 is 14.3 Å². The molecule has 0 atom stereocenters. The second-order valence-electron chi connectivity index (χ2n) is 4.92. The number of aromatic nitrogens is 2. The predicted molar refractivity (Wildman–Crippen MR) is 86.9 cm³/mol. The average molecular weight is 337 g/mol. The lowest BCUT2D eigenvalue weighted by Gasteiger charge is -2.09. The molecule has 1 aromatic carbocycles.